The van der Waals surface area contributed by atoms with Gasteiger partial charge in [-0.15, -0.1) is 0 Å². The Labute approximate surface area is 118 Å². The highest BCUT2D eigenvalue weighted by atomic mass is 32.2. The molecule has 2 aliphatic heterocycles. The van der Waals surface area contributed by atoms with Gasteiger partial charge in [-0.3, -0.25) is 9.69 Å². The molecule has 2 aliphatic rings. The van der Waals surface area contributed by atoms with Crippen molar-refractivity contribution in [3.8, 4) is 0 Å². The lowest BCUT2D eigenvalue weighted by atomic mass is 10.0. The fourth-order valence-corrected chi connectivity index (χ4v) is 5.23. The van der Waals surface area contributed by atoms with Crippen molar-refractivity contribution in [3.63, 3.8) is 0 Å². The van der Waals surface area contributed by atoms with Gasteiger partial charge < -0.3 is 5.11 Å². The monoisotopic (exact) mass is 295 g/mol. The third-order valence-electron chi connectivity index (χ3n) is 4.38. The summed E-state index contributed by atoms with van der Waals surface area (Å²) in [6.07, 6.45) is 0.787. The lowest BCUT2D eigenvalue weighted by Gasteiger charge is -2.29. The summed E-state index contributed by atoms with van der Waals surface area (Å²) in [6, 6.07) is 6.00. The smallest absolute Gasteiger partial charge is 0.321 e. The molecule has 0 radical (unpaired) electrons. The number of hydrogen-bond acceptors (Lipinski definition) is 4. The number of nitrogens with zero attached hydrogens (tertiary/aromatic N) is 1. The molecule has 1 aromatic rings. The molecule has 0 aliphatic carbocycles. The van der Waals surface area contributed by atoms with Crippen molar-refractivity contribution in [3.05, 3.63) is 29.8 Å². The molecule has 1 saturated heterocycles. The zero-order valence-electron chi connectivity index (χ0n) is 11.2. The molecule has 108 valence electrons. The Bertz CT molecular complexity index is 655. The van der Waals surface area contributed by atoms with Crippen LogP contribution in [0.3, 0.4) is 0 Å². The van der Waals surface area contributed by atoms with E-state index >= 15 is 0 Å². The number of carboxylic acids is 1. The Morgan fingerprint density at radius 2 is 2.05 bits per heavy atom. The van der Waals surface area contributed by atoms with E-state index in [9.17, 15) is 18.3 Å². The van der Waals surface area contributed by atoms with Crippen molar-refractivity contribution < 1.29 is 18.3 Å². The van der Waals surface area contributed by atoms with Crippen LogP contribution in [0, 0.1) is 5.92 Å². The normalized spacial score (nSPS) is 32.1. The van der Waals surface area contributed by atoms with Crippen LogP contribution in [0.5, 0.6) is 0 Å². The van der Waals surface area contributed by atoms with Crippen molar-refractivity contribution >= 4 is 15.8 Å². The first-order chi connectivity index (χ1) is 9.42. The van der Waals surface area contributed by atoms with Gasteiger partial charge in [0.1, 0.15) is 6.04 Å². The van der Waals surface area contributed by atoms with Crippen molar-refractivity contribution in [1.29, 1.82) is 0 Å². The zero-order chi connectivity index (χ0) is 14.5. The highest BCUT2D eigenvalue weighted by molar-refractivity contribution is 7.91. The Morgan fingerprint density at radius 3 is 2.75 bits per heavy atom. The predicted octanol–water partition coefficient (Wildman–Crippen LogP) is 1.31. The minimum absolute atomic E-state index is 0.0111. The van der Waals surface area contributed by atoms with Crippen molar-refractivity contribution in [2.45, 2.75) is 30.3 Å². The summed E-state index contributed by atoms with van der Waals surface area (Å²) in [5.41, 5.74) is 0.743. The van der Waals surface area contributed by atoms with Gasteiger partial charge in [0.25, 0.3) is 0 Å². The van der Waals surface area contributed by atoms with Crippen LogP contribution in [0.15, 0.2) is 29.2 Å². The molecule has 0 spiro atoms. The minimum Gasteiger partial charge on any atom is -0.480 e. The highest BCUT2D eigenvalue weighted by Gasteiger charge is 2.46. The van der Waals surface area contributed by atoms with E-state index in [1.54, 1.807) is 18.2 Å². The fourth-order valence-electron chi connectivity index (χ4n) is 3.41. The maximum Gasteiger partial charge on any atom is 0.321 e. The van der Waals surface area contributed by atoms with E-state index in [1.165, 1.54) is 0 Å². The topological polar surface area (TPSA) is 74.7 Å². The molecule has 6 heteroatoms. The maximum atomic E-state index is 12.2. The standard InChI is InChI=1S/C14H17NO4S/c1-9-6-7-15(13(9)14(16)17)11-8-20(18,19)12-5-3-2-4-10(11)12/h2-5,9,11,13H,6-8H2,1H3,(H,16,17). The largest absolute Gasteiger partial charge is 0.480 e. The molecule has 2 heterocycles. The van der Waals surface area contributed by atoms with Crippen LogP contribution in [0.1, 0.15) is 24.9 Å². The lowest BCUT2D eigenvalue weighted by Crippen LogP contribution is -2.41. The number of carboxylic acid groups (broad SMARTS) is 1. The summed E-state index contributed by atoms with van der Waals surface area (Å²) in [7, 11) is -3.29. The second-order valence-corrected chi connectivity index (χ2v) is 7.62. The first-order valence-electron chi connectivity index (χ1n) is 6.72. The summed E-state index contributed by atoms with van der Waals surface area (Å²) in [4.78, 5) is 13.7. The van der Waals surface area contributed by atoms with Gasteiger partial charge in [0, 0.05) is 0 Å². The maximum absolute atomic E-state index is 12.2. The number of aliphatic carboxylic acids is 1. The van der Waals surface area contributed by atoms with Crippen LogP contribution in [-0.4, -0.2) is 42.7 Å². The van der Waals surface area contributed by atoms with Crippen molar-refractivity contribution in [1.82, 2.24) is 4.90 Å². The molecule has 1 aromatic carbocycles. The number of fused-ring (bicyclic) bond motifs is 1. The van der Waals surface area contributed by atoms with Crippen LogP contribution < -0.4 is 0 Å². The summed E-state index contributed by atoms with van der Waals surface area (Å²) in [5.74, 6) is -0.831. The average molecular weight is 295 g/mol. The van der Waals surface area contributed by atoms with Crippen molar-refractivity contribution in [2.75, 3.05) is 12.3 Å². The SMILES string of the molecule is CC1CCN(C2CS(=O)(=O)c3ccccc32)C1C(=O)O. The van der Waals surface area contributed by atoms with Gasteiger partial charge in [-0.25, -0.2) is 8.42 Å². The molecular weight excluding hydrogens is 278 g/mol. The van der Waals surface area contributed by atoms with Crippen LogP contribution >= 0.6 is 0 Å². The number of rotatable bonds is 2. The number of hydrogen-bond donors (Lipinski definition) is 1. The van der Waals surface area contributed by atoms with E-state index in [0.717, 1.165) is 12.0 Å². The number of sulfone groups is 1. The lowest BCUT2D eigenvalue weighted by molar-refractivity contribution is -0.144. The Morgan fingerprint density at radius 1 is 1.35 bits per heavy atom. The first-order valence-corrected chi connectivity index (χ1v) is 8.37. The molecule has 0 bridgehead atoms. The summed E-state index contributed by atoms with van der Waals surface area (Å²) >= 11 is 0. The van der Waals surface area contributed by atoms with Crippen LogP contribution in [0.2, 0.25) is 0 Å². The molecule has 0 aromatic heterocycles. The second kappa shape index (κ2) is 4.56. The van der Waals surface area contributed by atoms with E-state index in [4.69, 9.17) is 0 Å². The highest BCUT2D eigenvalue weighted by Crippen LogP contribution is 2.41. The molecule has 5 nitrogen and oxygen atoms in total. The van der Waals surface area contributed by atoms with Gasteiger partial charge in [0.15, 0.2) is 9.84 Å². The van der Waals surface area contributed by atoms with E-state index in [-0.39, 0.29) is 17.7 Å². The van der Waals surface area contributed by atoms with Gasteiger partial charge in [0.05, 0.1) is 16.7 Å². The Balaban J connectivity index is 2.03. The molecule has 3 unspecified atom stereocenters. The van der Waals surface area contributed by atoms with Crippen LogP contribution in [-0.2, 0) is 14.6 Å². The van der Waals surface area contributed by atoms with E-state index in [1.807, 2.05) is 17.9 Å². The quantitative estimate of drug-likeness (QED) is 0.890. The number of benzene rings is 1. The Hall–Kier alpha value is -1.40. The first kappa shape index (κ1) is 13.6. The van der Waals surface area contributed by atoms with Crippen molar-refractivity contribution in [2.24, 2.45) is 5.92 Å². The summed E-state index contributed by atoms with van der Waals surface area (Å²) in [5, 5.41) is 9.40. The molecule has 20 heavy (non-hydrogen) atoms. The van der Waals surface area contributed by atoms with Gasteiger partial charge >= 0.3 is 5.97 Å². The van der Waals surface area contributed by atoms with Gasteiger partial charge in [0.2, 0.25) is 0 Å². The summed E-state index contributed by atoms with van der Waals surface area (Å²) < 4.78 is 24.4. The Kier molecular flexibility index (Phi) is 3.10. The van der Waals surface area contributed by atoms with Gasteiger partial charge in [-0.05, 0) is 30.5 Å². The molecule has 3 atom stereocenters. The third kappa shape index (κ3) is 1.94. The van der Waals surface area contributed by atoms with E-state index in [2.05, 4.69) is 0 Å². The van der Waals surface area contributed by atoms with E-state index < -0.39 is 21.8 Å². The summed E-state index contributed by atoms with van der Waals surface area (Å²) in [6.45, 7) is 2.54. The molecule has 1 fully saturated rings. The second-order valence-electron chi connectivity index (χ2n) is 5.62. The third-order valence-corrected chi connectivity index (χ3v) is 6.18. The predicted molar refractivity (Wildman–Crippen MR) is 73.1 cm³/mol. The number of carbonyl (C=O) groups is 1. The molecule has 0 amide bonds. The molecule has 1 N–H and O–H groups in total. The van der Waals surface area contributed by atoms with Crippen LogP contribution in [0.4, 0.5) is 0 Å². The average Bonchev–Trinajstić information content (AvgIpc) is 2.89. The minimum atomic E-state index is -3.29. The van der Waals surface area contributed by atoms with Crippen LogP contribution in [0.25, 0.3) is 0 Å². The number of likely N-dealkylation sites (tertiary alicyclic amines) is 1. The van der Waals surface area contributed by atoms with Gasteiger partial charge in [-0.2, -0.15) is 0 Å². The van der Waals surface area contributed by atoms with Gasteiger partial charge in [-0.1, -0.05) is 25.1 Å². The molecule has 3 rings (SSSR count). The fraction of sp³-hybridized carbons (Fsp3) is 0.500. The molecular formula is C14H17NO4S. The zero-order valence-corrected chi connectivity index (χ0v) is 12.0. The van der Waals surface area contributed by atoms with E-state index in [0.29, 0.717) is 11.4 Å². The molecule has 0 saturated carbocycles.